The Labute approximate surface area is 240 Å². The Kier molecular flexibility index (Phi) is 11.2. The van der Waals surface area contributed by atoms with E-state index in [1.807, 2.05) is 12.1 Å². The molecule has 6 nitrogen and oxygen atoms in total. The molecule has 2 unspecified atom stereocenters. The van der Waals surface area contributed by atoms with E-state index in [0.29, 0.717) is 60.6 Å². The number of hydrogen-bond acceptors (Lipinski definition) is 6. The zero-order chi connectivity index (χ0) is 29.2. The van der Waals surface area contributed by atoms with Crippen molar-refractivity contribution in [3.05, 3.63) is 35.4 Å². The van der Waals surface area contributed by atoms with Crippen LogP contribution in [0.5, 0.6) is 23.0 Å². The highest BCUT2D eigenvalue weighted by atomic mass is 16.5. The van der Waals surface area contributed by atoms with E-state index >= 15 is 0 Å². The largest absolute Gasteiger partial charge is 0.490 e. The lowest BCUT2D eigenvalue weighted by Gasteiger charge is -2.43. The first-order chi connectivity index (χ1) is 19.3. The summed E-state index contributed by atoms with van der Waals surface area (Å²) in [6.45, 7) is 10.3. The number of aliphatic hydroxyl groups is 2. The van der Waals surface area contributed by atoms with Crippen molar-refractivity contribution >= 4 is 0 Å². The standard InChI is InChI=1S/C34H44O6/c1-7-13-17-37-29-21-25-26-22-30(38-18-14-8-2)32(40-20-16-10-4)24-28(26)34(36,12-6)33(35,11-5)27(25)23-31(29)39-19-15-9-3/h5-6,21-24,35-36H,7-10,13-20H2,1-4H3. The van der Waals surface area contributed by atoms with E-state index in [9.17, 15) is 10.2 Å². The van der Waals surface area contributed by atoms with E-state index in [0.717, 1.165) is 51.4 Å². The van der Waals surface area contributed by atoms with Gasteiger partial charge in [0.15, 0.2) is 34.2 Å². The number of fused-ring (bicyclic) bond motifs is 3. The SMILES string of the molecule is C#CC1(O)c2cc(OCCCC)c(OCCCC)cc2-c2cc(OCCCC)c(OCCCC)cc2C1(O)C#C. The summed E-state index contributed by atoms with van der Waals surface area (Å²) in [5.74, 6) is 6.78. The second kappa shape index (κ2) is 14.4. The van der Waals surface area contributed by atoms with Crippen LogP contribution in [0.15, 0.2) is 24.3 Å². The molecule has 0 saturated heterocycles. The molecule has 2 aromatic rings. The van der Waals surface area contributed by atoms with Crippen molar-refractivity contribution in [1.29, 1.82) is 0 Å². The molecule has 0 saturated carbocycles. The molecule has 2 N–H and O–H groups in total. The number of ether oxygens (including phenoxy) is 4. The number of terminal acetylenes is 2. The van der Waals surface area contributed by atoms with Crippen molar-refractivity contribution in [2.24, 2.45) is 0 Å². The maximum atomic E-state index is 11.9. The molecule has 0 heterocycles. The van der Waals surface area contributed by atoms with Gasteiger partial charge in [0.2, 0.25) is 0 Å². The maximum Gasteiger partial charge on any atom is 0.196 e. The van der Waals surface area contributed by atoms with Gasteiger partial charge in [-0.3, -0.25) is 0 Å². The minimum Gasteiger partial charge on any atom is -0.490 e. The fourth-order valence-corrected chi connectivity index (χ4v) is 4.68. The van der Waals surface area contributed by atoms with E-state index in [1.54, 1.807) is 12.1 Å². The van der Waals surface area contributed by atoms with Gasteiger partial charge in [0, 0.05) is 11.1 Å². The van der Waals surface area contributed by atoms with Gasteiger partial charge >= 0.3 is 0 Å². The average Bonchev–Trinajstić information content (AvgIpc) is 2.97. The van der Waals surface area contributed by atoms with E-state index in [1.165, 1.54) is 0 Å². The zero-order valence-electron chi connectivity index (χ0n) is 24.5. The van der Waals surface area contributed by atoms with Crippen LogP contribution in [0.1, 0.15) is 90.2 Å². The first-order valence-electron chi connectivity index (χ1n) is 14.6. The van der Waals surface area contributed by atoms with Crippen molar-refractivity contribution in [2.45, 2.75) is 90.3 Å². The van der Waals surface area contributed by atoms with Crippen LogP contribution < -0.4 is 18.9 Å². The predicted molar refractivity (Wildman–Crippen MR) is 159 cm³/mol. The van der Waals surface area contributed by atoms with Gasteiger partial charge in [0.1, 0.15) is 0 Å². The Morgan fingerprint density at radius 2 is 0.825 bits per heavy atom. The van der Waals surface area contributed by atoms with E-state index in [2.05, 4.69) is 39.5 Å². The summed E-state index contributed by atoms with van der Waals surface area (Å²) >= 11 is 0. The lowest BCUT2D eigenvalue weighted by Crippen LogP contribution is -2.50. The van der Waals surface area contributed by atoms with Crippen LogP contribution in [0, 0.1) is 24.7 Å². The molecule has 0 bridgehead atoms. The lowest BCUT2D eigenvalue weighted by atomic mass is 9.66. The Balaban J connectivity index is 2.29. The summed E-state index contributed by atoms with van der Waals surface area (Å²) in [4.78, 5) is 0. The van der Waals surface area contributed by atoms with Gasteiger partial charge in [-0.05, 0) is 61.1 Å². The molecule has 6 heteroatoms. The first-order valence-corrected chi connectivity index (χ1v) is 14.6. The molecular weight excluding hydrogens is 504 g/mol. The van der Waals surface area contributed by atoms with Crippen LogP contribution in [0.25, 0.3) is 11.1 Å². The first kappa shape index (κ1) is 31.2. The van der Waals surface area contributed by atoms with Crippen molar-refractivity contribution in [3.8, 4) is 58.8 Å². The van der Waals surface area contributed by atoms with E-state index < -0.39 is 11.2 Å². The third kappa shape index (κ3) is 6.20. The van der Waals surface area contributed by atoms with Crippen LogP contribution in [0.3, 0.4) is 0 Å². The highest BCUT2D eigenvalue weighted by molar-refractivity contribution is 5.83. The van der Waals surface area contributed by atoms with Gasteiger partial charge < -0.3 is 29.2 Å². The molecule has 3 rings (SSSR count). The van der Waals surface area contributed by atoms with Gasteiger partial charge in [0.25, 0.3) is 0 Å². The molecule has 2 aromatic carbocycles. The van der Waals surface area contributed by atoms with Gasteiger partial charge in [-0.2, -0.15) is 0 Å². The number of hydrogen-bond donors (Lipinski definition) is 2. The molecule has 216 valence electrons. The molecule has 0 fully saturated rings. The van der Waals surface area contributed by atoms with Gasteiger partial charge in [0.05, 0.1) is 26.4 Å². The molecule has 0 aromatic heterocycles. The second-order valence-electron chi connectivity index (χ2n) is 10.2. The Morgan fingerprint density at radius 3 is 1.07 bits per heavy atom. The minimum atomic E-state index is -2.24. The summed E-state index contributed by atoms with van der Waals surface area (Å²) in [6.07, 6.45) is 19.2. The molecule has 2 atom stereocenters. The highest BCUT2D eigenvalue weighted by Gasteiger charge is 2.56. The lowest BCUT2D eigenvalue weighted by molar-refractivity contribution is -0.0903. The van der Waals surface area contributed by atoms with Crippen molar-refractivity contribution in [3.63, 3.8) is 0 Å². The third-order valence-electron chi connectivity index (χ3n) is 7.20. The average molecular weight is 549 g/mol. The Hall–Kier alpha value is -3.32. The minimum absolute atomic E-state index is 0.274. The fraction of sp³-hybridized carbons (Fsp3) is 0.529. The van der Waals surface area contributed by atoms with Gasteiger partial charge in [-0.1, -0.05) is 65.2 Å². The molecule has 0 radical (unpaired) electrons. The number of benzene rings is 2. The number of rotatable bonds is 16. The van der Waals surface area contributed by atoms with Gasteiger partial charge in [-0.25, -0.2) is 0 Å². The van der Waals surface area contributed by atoms with Crippen LogP contribution in [0.4, 0.5) is 0 Å². The molecule has 1 aliphatic carbocycles. The van der Waals surface area contributed by atoms with E-state index in [-0.39, 0.29) is 11.1 Å². The number of unbranched alkanes of at least 4 members (excludes halogenated alkanes) is 4. The van der Waals surface area contributed by atoms with Crippen molar-refractivity contribution in [2.75, 3.05) is 26.4 Å². The Bertz CT molecular complexity index is 1130. The monoisotopic (exact) mass is 548 g/mol. The molecular formula is C34H44O6. The summed E-state index contributed by atoms with van der Waals surface area (Å²) < 4.78 is 24.5. The van der Waals surface area contributed by atoms with Crippen LogP contribution in [0.2, 0.25) is 0 Å². The quantitative estimate of drug-likeness (QED) is 0.179. The van der Waals surface area contributed by atoms with Crippen molar-refractivity contribution < 1.29 is 29.2 Å². The summed E-state index contributed by atoms with van der Waals surface area (Å²) in [6, 6.07) is 6.94. The fourth-order valence-electron chi connectivity index (χ4n) is 4.68. The highest BCUT2D eigenvalue weighted by Crippen LogP contribution is 2.55. The predicted octanol–water partition coefficient (Wildman–Crippen LogP) is 6.72. The smallest absolute Gasteiger partial charge is 0.196 e. The molecule has 0 amide bonds. The second-order valence-corrected chi connectivity index (χ2v) is 10.2. The van der Waals surface area contributed by atoms with Crippen LogP contribution in [-0.2, 0) is 11.2 Å². The molecule has 0 spiro atoms. The molecule has 0 aliphatic heterocycles. The zero-order valence-corrected chi connectivity index (χ0v) is 24.5. The molecule has 40 heavy (non-hydrogen) atoms. The van der Waals surface area contributed by atoms with Crippen LogP contribution >= 0.6 is 0 Å². The maximum absolute atomic E-state index is 11.9. The molecule has 1 aliphatic rings. The van der Waals surface area contributed by atoms with Crippen molar-refractivity contribution in [1.82, 2.24) is 0 Å². The summed E-state index contributed by atoms with van der Waals surface area (Å²) in [7, 11) is 0. The summed E-state index contributed by atoms with van der Waals surface area (Å²) in [5.41, 5.74) is -2.75. The Morgan fingerprint density at radius 1 is 0.550 bits per heavy atom. The summed E-state index contributed by atoms with van der Waals surface area (Å²) in [5, 5.41) is 23.9. The van der Waals surface area contributed by atoms with Gasteiger partial charge in [-0.15, -0.1) is 12.8 Å². The normalized spacial score (nSPS) is 19.1. The third-order valence-corrected chi connectivity index (χ3v) is 7.20. The van der Waals surface area contributed by atoms with E-state index in [4.69, 9.17) is 31.8 Å². The van der Waals surface area contributed by atoms with Crippen LogP contribution in [-0.4, -0.2) is 36.6 Å². The topological polar surface area (TPSA) is 77.4 Å².